The van der Waals surface area contributed by atoms with Gasteiger partial charge in [0, 0.05) is 16.5 Å². The van der Waals surface area contributed by atoms with E-state index < -0.39 is 0 Å². The number of nitrogens with one attached hydrogen (secondary N) is 1. The molecule has 4 heteroatoms. The minimum atomic E-state index is 0.756. The summed E-state index contributed by atoms with van der Waals surface area (Å²) in [4.78, 5) is 4.29. The third-order valence-corrected chi connectivity index (χ3v) is 2.82. The highest BCUT2D eigenvalue weighted by molar-refractivity contribution is 8.14. The Morgan fingerprint density at radius 3 is 2.69 bits per heavy atom. The van der Waals surface area contributed by atoms with Gasteiger partial charge in [0.1, 0.15) is 0 Å². The molecule has 1 heterocycles. The van der Waals surface area contributed by atoms with Gasteiger partial charge in [-0.15, -0.1) is 0 Å². The lowest BCUT2D eigenvalue weighted by atomic mass is 10.3. The van der Waals surface area contributed by atoms with E-state index in [1.54, 1.807) is 11.8 Å². The summed E-state index contributed by atoms with van der Waals surface area (Å²) in [6.45, 7) is 0.917. The minimum Gasteiger partial charge on any atom is -0.335 e. The Kier molecular flexibility index (Phi) is 2.76. The van der Waals surface area contributed by atoms with Gasteiger partial charge in [-0.05, 0) is 24.3 Å². The zero-order valence-corrected chi connectivity index (χ0v) is 8.53. The van der Waals surface area contributed by atoms with E-state index in [9.17, 15) is 0 Å². The molecule has 0 aromatic heterocycles. The molecule has 0 atom stereocenters. The fraction of sp³-hybridized carbons (Fsp3) is 0.222. The van der Waals surface area contributed by atoms with Gasteiger partial charge < -0.3 is 5.32 Å². The van der Waals surface area contributed by atoms with Gasteiger partial charge in [-0.25, -0.2) is 0 Å². The summed E-state index contributed by atoms with van der Waals surface area (Å²) >= 11 is 7.51. The van der Waals surface area contributed by atoms with Crippen LogP contribution in [0.1, 0.15) is 0 Å². The van der Waals surface area contributed by atoms with Crippen molar-refractivity contribution in [2.24, 2.45) is 4.99 Å². The number of aliphatic imine (C=N–C) groups is 1. The van der Waals surface area contributed by atoms with E-state index in [4.69, 9.17) is 11.6 Å². The maximum Gasteiger partial charge on any atom is 0.161 e. The molecule has 0 radical (unpaired) electrons. The molecule has 13 heavy (non-hydrogen) atoms. The van der Waals surface area contributed by atoms with Crippen LogP contribution in [0.2, 0.25) is 5.02 Å². The third-order valence-electron chi connectivity index (χ3n) is 1.68. The molecule has 0 fully saturated rings. The lowest BCUT2D eigenvalue weighted by Crippen LogP contribution is -2.04. The lowest BCUT2D eigenvalue weighted by Gasteiger charge is -2.03. The molecule has 0 bridgehead atoms. The third kappa shape index (κ3) is 2.39. The van der Waals surface area contributed by atoms with Crippen LogP contribution in [-0.4, -0.2) is 17.5 Å². The highest BCUT2D eigenvalue weighted by Gasteiger charge is 2.06. The minimum absolute atomic E-state index is 0.756. The number of hydrogen-bond acceptors (Lipinski definition) is 3. The second kappa shape index (κ2) is 4.03. The summed E-state index contributed by atoms with van der Waals surface area (Å²) in [5.74, 6) is 1.08. The number of thioether (sulfide) groups is 1. The summed E-state index contributed by atoms with van der Waals surface area (Å²) in [5.41, 5.74) is 1.04. The summed E-state index contributed by atoms with van der Waals surface area (Å²) in [7, 11) is 0. The maximum atomic E-state index is 5.77. The Morgan fingerprint density at radius 1 is 1.31 bits per heavy atom. The Morgan fingerprint density at radius 2 is 2.08 bits per heavy atom. The summed E-state index contributed by atoms with van der Waals surface area (Å²) in [6, 6.07) is 7.63. The fourth-order valence-corrected chi connectivity index (χ4v) is 1.94. The molecule has 1 aliphatic heterocycles. The summed E-state index contributed by atoms with van der Waals surface area (Å²) < 4.78 is 0. The van der Waals surface area contributed by atoms with Gasteiger partial charge in [-0.1, -0.05) is 23.4 Å². The monoisotopic (exact) mass is 212 g/mol. The van der Waals surface area contributed by atoms with Crippen molar-refractivity contribution >= 4 is 34.2 Å². The molecule has 1 aromatic rings. The molecule has 0 aliphatic carbocycles. The molecule has 1 N–H and O–H groups in total. The molecule has 2 rings (SSSR count). The van der Waals surface area contributed by atoms with E-state index in [1.807, 2.05) is 24.3 Å². The number of anilines is 1. The van der Waals surface area contributed by atoms with Crippen LogP contribution in [-0.2, 0) is 0 Å². The summed E-state index contributed by atoms with van der Waals surface area (Å²) in [6.07, 6.45) is 0. The normalized spacial score (nSPS) is 15.6. The van der Waals surface area contributed by atoms with Gasteiger partial charge in [0.15, 0.2) is 5.17 Å². The van der Waals surface area contributed by atoms with E-state index in [2.05, 4.69) is 10.3 Å². The van der Waals surface area contributed by atoms with Crippen LogP contribution in [0.15, 0.2) is 29.3 Å². The van der Waals surface area contributed by atoms with Crippen LogP contribution >= 0.6 is 23.4 Å². The predicted octanol–water partition coefficient (Wildman–Crippen LogP) is 2.85. The first-order chi connectivity index (χ1) is 6.34. The van der Waals surface area contributed by atoms with Gasteiger partial charge in [0.2, 0.25) is 0 Å². The molecule has 0 amide bonds. The number of nitrogens with zero attached hydrogens (tertiary/aromatic N) is 1. The number of benzene rings is 1. The van der Waals surface area contributed by atoms with E-state index in [0.29, 0.717) is 0 Å². The highest BCUT2D eigenvalue weighted by Crippen LogP contribution is 2.17. The van der Waals surface area contributed by atoms with Crippen LogP contribution in [0.5, 0.6) is 0 Å². The number of hydrogen-bond donors (Lipinski definition) is 1. The Hall–Kier alpha value is -0.670. The second-order valence-corrected chi connectivity index (χ2v) is 4.19. The van der Waals surface area contributed by atoms with E-state index >= 15 is 0 Å². The zero-order chi connectivity index (χ0) is 9.10. The zero-order valence-electron chi connectivity index (χ0n) is 6.96. The van der Waals surface area contributed by atoms with Gasteiger partial charge in [-0.2, -0.15) is 0 Å². The first-order valence-electron chi connectivity index (χ1n) is 4.04. The van der Waals surface area contributed by atoms with E-state index in [1.165, 1.54) is 0 Å². The topological polar surface area (TPSA) is 24.4 Å². The van der Waals surface area contributed by atoms with Gasteiger partial charge in [0.05, 0.1) is 6.54 Å². The van der Waals surface area contributed by atoms with Gasteiger partial charge >= 0.3 is 0 Å². The molecule has 1 aliphatic rings. The average molecular weight is 213 g/mol. The van der Waals surface area contributed by atoms with E-state index in [-0.39, 0.29) is 0 Å². The van der Waals surface area contributed by atoms with Crippen LogP contribution < -0.4 is 5.32 Å². The standard InChI is InChI=1S/C9H9ClN2S/c10-7-1-3-8(4-2-7)12-9-11-5-6-13-9/h1-4H,5-6H2,(H,11,12). The highest BCUT2D eigenvalue weighted by atomic mass is 35.5. The Bertz CT molecular complexity index is 321. The molecule has 2 nitrogen and oxygen atoms in total. The molecule has 0 unspecified atom stereocenters. The van der Waals surface area contributed by atoms with Crippen LogP contribution in [0.4, 0.5) is 5.69 Å². The van der Waals surface area contributed by atoms with Crippen molar-refractivity contribution in [2.45, 2.75) is 0 Å². The Labute approximate surface area is 86.4 Å². The predicted molar refractivity (Wildman–Crippen MR) is 59.8 cm³/mol. The molecule has 0 saturated heterocycles. The van der Waals surface area contributed by atoms with Crippen molar-refractivity contribution in [2.75, 3.05) is 17.6 Å². The smallest absolute Gasteiger partial charge is 0.161 e. The molecule has 68 valence electrons. The van der Waals surface area contributed by atoms with Crippen LogP contribution in [0, 0.1) is 0 Å². The molecular formula is C9H9ClN2S. The summed E-state index contributed by atoms with van der Waals surface area (Å²) in [5, 5.41) is 4.98. The molecule has 0 spiro atoms. The molecular weight excluding hydrogens is 204 g/mol. The van der Waals surface area contributed by atoms with Gasteiger partial charge in [0.25, 0.3) is 0 Å². The van der Waals surface area contributed by atoms with Crippen LogP contribution in [0.3, 0.4) is 0 Å². The second-order valence-electron chi connectivity index (χ2n) is 2.67. The largest absolute Gasteiger partial charge is 0.335 e. The average Bonchev–Trinajstić information content (AvgIpc) is 2.62. The van der Waals surface area contributed by atoms with Gasteiger partial charge in [-0.3, -0.25) is 4.99 Å². The first kappa shape index (κ1) is 8.91. The van der Waals surface area contributed by atoms with Crippen molar-refractivity contribution < 1.29 is 0 Å². The number of amidine groups is 1. The van der Waals surface area contributed by atoms with Crippen molar-refractivity contribution in [1.82, 2.24) is 0 Å². The van der Waals surface area contributed by atoms with Crippen LogP contribution in [0.25, 0.3) is 0 Å². The SMILES string of the molecule is Clc1ccc(NC2=NCCS2)cc1. The maximum absolute atomic E-state index is 5.77. The fourth-order valence-electron chi connectivity index (χ4n) is 1.07. The lowest BCUT2D eigenvalue weighted by molar-refractivity contribution is 1.17. The molecule has 0 saturated carbocycles. The van der Waals surface area contributed by atoms with Crippen molar-refractivity contribution in [3.05, 3.63) is 29.3 Å². The van der Waals surface area contributed by atoms with Crippen molar-refractivity contribution in [1.29, 1.82) is 0 Å². The number of halogens is 1. The first-order valence-corrected chi connectivity index (χ1v) is 5.41. The van der Waals surface area contributed by atoms with Crippen molar-refractivity contribution in [3.63, 3.8) is 0 Å². The number of rotatable bonds is 1. The molecule has 1 aromatic carbocycles. The van der Waals surface area contributed by atoms with E-state index in [0.717, 1.165) is 28.2 Å². The quantitative estimate of drug-likeness (QED) is 0.774. The van der Waals surface area contributed by atoms with Crippen molar-refractivity contribution in [3.8, 4) is 0 Å². The Balaban J connectivity index is 2.05.